The van der Waals surface area contributed by atoms with E-state index in [0.29, 0.717) is 10.8 Å². The number of nitrogens with one attached hydrogen (secondary N) is 1. The molecule has 1 amide bonds. The standard InChI is InChI=1S/C21H22ClNO3/c1-16-8-4-5-9-19(16)25-15-7-6-14-23-20(24)21(2,3)26-18-12-10-17(22)11-13-18/h4-5,8-13H,14-15H2,1-3H3,(H,23,24). The number of ether oxygens (including phenoxy) is 2. The molecule has 2 aromatic rings. The van der Waals surface area contributed by atoms with Crippen LogP contribution in [0.5, 0.6) is 11.5 Å². The quantitative estimate of drug-likeness (QED) is 0.780. The van der Waals surface area contributed by atoms with E-state index in [0.717, 1.165) is 11.3 Å². The molecule has 136 valence electrons. The number of halogens is 1. The molecule has 0 heterocycles. The largest absolute Gasteiger partial charge is 0.481 e. The van der Waals surface area contributed by atoms with Crippen LogP contribution < -0.4 is 14.8 Å². The molecule has 0 fully saturated rings. The molecule has 1 N–H and O–H groups in total. The van der Waals surface area contributed by atoms with E-state index < -0.39 is 5.60 Å². The van der Waals surface area contributed by atoms with Crippen LogP contribution in [0.15, 0.2) is 48.5 Å². The molecule has 5 heteroatoms. The first-order valence-corrected chi connectivity index (χ1v) is 8.63. The molecule has 0 aliphatic rings. The Bertz CT molecular complexity index is 804. The summed E-state index contributed by atoms with van der Waals surface area (Å²) in [5.41, 5.74) is 0.0383. The highest BCUT2D eigenvalue weighted by Gasteiger charge is 2.29. The number of benzene rings is 2. The number of amides is 1. The van der Waals surface area contributed by atoms with Crippen LogP contribution in [0.4, 0.5) is 0 Å². The van der Waals surface area contributed by atoms with Gasteiger partial charge in [0, 0.05) is 5.02 Å². The van der Waals surface area contributed by atoms with Crippen LogP contribution in [-0.2, 0) is 4.79 Å². The topological polar surface area (TPSA) is 47.6 Å². The summed E-state index contributed by atoms with van der Waals surface area (Å²) in [5, 5.41) is 3.36. The maximum Gasteiger partial charge on any atom is 0.264 e. The Kier molecular flexibility index (Phi) is 6.94. The summed E-state index contributed by atoms with van der Waals surface area (Å²) in [6.45, 7) is 5.87. The van der Waals surface area contributed by atoms with E-state index in [1.54, 1.807) is 38.1 Å². The summed E-state index contributed by atoms with van der Waals surface area (Å²) in [7, 11) is 0. The summed E-state index contributed by atoms with van der Waals surface area (Å²) in [5.74, 6) is 6.89. The predicted molar refractivity (Wildman–Crippen MR) is 104 cm³/mol. The van der Waals surface area contributed by atoms with E-state index in [2.05, 4.69) is 17.2 Å². The lowest BCUT2D eigenvalue weighted by atomic mass is 10.1. The summed E-state index contributed by atoms with van der Waals surface area (Å²) >= 11 is 5.84. The monoisotopic (exact) mass is 371 g/mol. The highest BCUT2D eigenvalue weighted by Crippen LogP contribution is 2.21. The van der Waals surface area contributed by atoms with Gasteiger partial charge in [0.2, 0.25) is 0 Å². The second-order valence-corrected chi connectivity index (χ2v) is 6.59. The van der Waals surface area contributed by atoms with Gasteiger partial charge >= 0.3 is 0 Å². The van der Waals surface area contributed by atoms with Crippen LogP contribution in [0.1, 0.15) is 19.4 Å². The van der Waals surface area contributed by atoms with Crippen LogP contribution >= 0.6 is 11.6 Å². The second-order valence-electron chi connectivity index (χ2n) is 6.16. The van der Waals surface area contributed by atoms with Crippen molar-refractivity contribution in [1.29, 1.82) is 0 Å². The molecule has 0 aromatic heterocycles. The number of hydrogen-bond acceptors (Lipinski definition) is 3. The third kappa shape index (κ3) is 6.02. The van der Waals surface area contributed by atoms with Gasteiger partial charge in [-0.05, 0) is 56.7 Å². The zero-order valence-electron chi connectivity index (χ0n) is 15.1. The minimum atomic E-state index is -1.02. The normalized spacial score (nSPS) is 10.5. The van der Waals surface area contributed by atoms with Gasteiger partial charge in [-0.2, -0.15) is 0 Å². The zero-order valence-corrected chi connectivity index (χ0v) is 15.9. The Morgan fingerprint density at radius 3 is 2.50 bits per heavy atom. The Labute approximate surface area is 159 Å². The van der Waals surface area contributed by atoms with Gasteiger partial charge in [-0.1, -0.05) is 41.6 Å². The average Bonchev–Trinajstić information content (AvgIpc) is 2.61. The van der Waals surface area contributed by atoms with E-state index in [9.17, 15) is 4.79 Å². The first-order valence-electron chi connectivity index (χ1n) is 8.25. The fourth-order valence-corrected chi connectivity index (χ4v) is 2.25. The highest BCUT2D eigenvalue weighted by atomic mass is 35.5. The molecule has 0 atom stereocenters. The number of rotatable bonds is 6. The predicted octanol–water partition coefficient (Wildman–Crippen LogP) is 4.00. The summed E-state index contributed by atoms with van der Waals surface area (Å²) in [6.07, 6.45) is 0. The molecule has 0 aliphatic heterocycles. The molecule has 0 saturated heterocycles. The molecule has 0 unspecified atom stereocenters. The highest BCUT2D eigenvalue weighted by molar-refractivity contribution is 6.30. The zero-order chi connectivity index (χ0) is 19.0. The lowest BCUT2D eigenvalue weighted by molar-refractivity contribution is -0.133. The van der Waals surface area contributed by atoms with E-state index in [-0.39, 0.29) is 19.1 Å². The molecule has 2 aromatic carbocycles. The molecular weight excluding hydrogens is 350 g/mol. The third-order valence-corrected chi connectivity index (χ3v) is 3.84. The minimum absolute atomic E-state index is 0.226. The van der Waals surface area contributed by atoms with Gasteiger partial charge in [-0.25, -0.2) is 0 Å². The fourth-order valence-electron chi connectivity index (χ4n) is 2.13. The van der Waals surface area contributed by atoms with Crippen molar-refractivity contribution in [2.24, 2.45) is 0 Å². The minimum Gasteiger partial charge on any atom is -0.481 e. The molecule has 0 aliphatic carbocycles. The number of carbonyl (C=O) groups is 1. The fraction of sp³-hybridized carbons (Fsp3) is 0.286. The first kappa shape index (κ1) is 19.7. The molecule has 26 heavy (non-hydrogen) atoms. The Morgan fingerprint density at radius 2 is 1.81 bits per heavy atom. The van der Waals surface area contributed by atoms with Crippen molar-refractivity contribution in [2.75, 3.05) is 13.2 Å². The maximum absolute atomic E-state index is 12.3. The number of aryl methyl sites for hydroxylation is 1. The van der Waals surface area contributed by atoms with Crippen LogP contribution in [0.3, 0.4) is 0 Å². The molecule has 0 radical (unpaired) electrons. The molecule has 0 bridgehead atoms. The summed E-state index contributed by atoms with van der Waals surface area (Å²) in [6, 6.07) is 14.6. The van der Waals surface area contributed by atoms with E-state index >= 15 is 0 Å². The van der Waals surface area contributed by atoms with Crippen LogP contribution in [-0.4, -0.2) is 24.7 Å². The smallest absolute Gasteiger partial charge is 0.264 e. The van der Waals surface area contributed by atoms with E-state index in [4.69, 9.17) is 21.1 Å². The van der Waals surface area contributed by atoms with Gasteiger partial charge in [0.05, 0.1) is 6.54 Å². The van der Waals surface area contributed by atoms with Crippen molar-refractivity contribution in [3.8, 4) is 23.3 Å². The number of hydrogen-bond donors (Lipinski definition) is 1. The van der Waals surface area contributed by atoms with Gasteiger partial charge < -0.3 is 14.8 Å². The molecule has 0 spiro atoms. The molecule has 0 saturated carbocycles. The van der Waals surface area contributed by atoms with Crippen molar-refractivity contribution >= 4 is 17.5 Å². The molecule has 2 rings (SSSR count). The molecule has 4 nitrogen and oxygen atoms in total. The Balaban J connectivity index is 1.77. The van der Waals surface area contributed by atoms with Gasteiger partial charge in [-0.3, -0.25) is 4.79 Å². The molecular formula is C21H22ClNO3. The van der Waals surface area contributed by atoms with Gasteiger partial charge in [0.25, 0.3) is 5.91 Å². The first-order chi connectivity index (χ1) is 12.4. The number of carbonyl (C=O) groups excluding carboxylic acids is 1. The van der Waals surface area contributed by atoms with Crippen molar-refractivity contribution in [1.82, 2.24) is 5.32 Å². The van der Waals surface area contributed by atoms with Crippen molar-refractivity contribution in [3.63, 3.8) is 0 Å². The van der Waals surface area contributed by atoms with Crippen molar-refractivity contribution in [3.05, 3.63) is 59.1 Å². The van der Waals surface area contributed by atoms with Crippen LogP contribution in [0.2, 0.25) is 5.02 Å². The lowest BCUT2D eigenvalue weighted by Crippen LogP contribution is -2.46. The van der Waals surface area contributed by atoms with E-state index in [1.807, 2.05) is 31.2 Å². The third-order valence-electron chi connectivity index (χ3n) is 3.59. The van der Waals surface area contributed by atoms with Crippen LogP contribution in [0.25, 0.3) is 0 Å². The van der Waals surface area contributed by atoms with E-state index in [1.165, 1.54) is 0 Å². The summed E-state index contributed by atoms with van der Waals surface area (Å²) < 4.78 is 11.3. The second kappa shape index (κ2) is 9.17. The van der Waals surface area contributed by atoms with Gasteiger partial charge in [-0.15, -0.1) is 0 Å². The number of para-hydroxylation sites is 1. The summed E-state index contributed by atoms with van der Waals surface area (Å²) in [4.78, 5) is 12.3. The lowest BCUT2D eigenvalue weighted by Gasteiger charge is -2.24. The Morgan fingerprint density at radius 1 is 1.12 bits per heavy atom. The maximum atomic E-state index is 12.3. The SMILES string of the molecule is Cc1ccccc1OCC#CCNC(=O)C(C)(C)Oc1ccc(Cl)cc1. The average molecular weight is 372 g/mol. The van der Waals surface area contributed by atoms with Crippen molar-refractivity contribution in [2.45, 2.75) is 26.4 Å². The Hall–Kier alpha value is -2.64. The van der Waals surface area contributed by atoms with Crippen molar-refractivity contribution < 1.29 is 14.3 Å². The van der Waals surface area contributed by atoms with Gasteiger partial charge in [0.1, 0.15) is 18.1 Å². The van der Waals surface area contributed by atoms with Gasteiger partial charge in [0.15, 0.2) is 5.60 Å². The van der Waals surface area contributed by atoms with Crippen LogP contribution in [0, 0.1) is 18.8 Å².